The van der Waals surface area contributed by atoms with Crippen LogP contribution in [0.5, 0.6) is 0 Å². The lowest BCUT2D eigenvalue weighted by Crippen LogP contribution is -2.48. The van der Waals surface area contributed by atoms with Gasteiger partial charge in [0.05, 0.1) is 15.9 Å². The van der Waals surface area contributed by atoms with Gasteiger partial charge in [-0.25, -0.2) is 0 Å². The molecule has 0 aliphatic carbocycles. The third-order valence-corrected chi connectivity index (χ3v) is 5.42. The van der Waals surface area contributed by atoms with Crippen LogP contribution in [-0.2, 0) is 0 Å². The number of aliphatic hydroxyl groups excluding tert-OH is 1. The van der Waals surface area contributed by atoms with Crippen molar-refractivity contribution in [2.75, 3.05) is 13.1 Å². The molecule has 3 nitrogen and oxygen atoms in total. The molecule has 102 valence electrons. The molecule has 3 N–H and O–H groups in total. The van der Waals surface area contributed by atoms with Gasteiger partial charge in [0.2, 0.25) is 0 Å². The summed E-state index contributed by atoms with van der Waals surface area (Å²) in [6.07, 6.45) is 0.806. The Morgan fingerprint density at radius 3 is 2.78 bits per heavy atom. The number of halogens is 1. The maximum absolute atomic E-state index is 10.0. The van der Waals surface area contributed by atoms with E-state index in [4.69, 9.17) is 5.73 Å². The Hall–Kier alpha value is 0.0600. The van der Waals surface area contributed by atoms with Crippen LogP contribution in [0.25, 0.3) is 0 Å². The third-order valence-electron chi connectivity index (χ3n) is 3.73. The summed E-state index contributed by atoms with van der Waals surface area (Å²) >= 11 is 5.24. The van der Waals surface area contributed by atoms with Crippen molar-refractivity contribution < 1.29 is 5.11 Å². The molecule has 1 saturated heterocycles. The number of thiophene rings is 1. The van der Waals surface area contributed by atoms with Crippen LogP contribution >= 0.6 is 27.3 Å². The van der Waals surface area contributed by atoms with E-state index in [2.05, 4.69) is 39.9 Å². The summed E-state index contributed by atoms with van der Waals surface area (Å²) in [7, 11) is 0. The highest BCUT2D eigenvalue weighted by molar-refractivity contribution is 9.11. The van der Waals surface area contributed by atoms with Crippen LogP contribution in [0.3, 0.4) is 0 Å². The molecule has 2 rings (SSSR count). The largest absolute Gasteiger partial charge is 0.392 e. The number of likely N-dealkylation sites (tertiary alicyclic amines) is 1. The summed E-state index contributed by atoms with van der Waals surface area (Å²) in [6, 6.07) is 4.48. The van der Waals surface area contributed by atoms with Gasteiger partial charge in [0.1, 0.15) is 0 Å². The van der Waals surface area contributed by atoms with Crippen LogP contribution < -0.4 is 5.73 Å². The van der Waals surface area contributed by atoms with Crippen molar-refractivity contribution in [2.24, 2.45) is 11.7 Å². The van der Waals surface area contributed by atoms with Gasteiger partial charge in [-0.1, -0.05) is 6.92 Å². The van der Waals surface area contributed by atoms with E-state index in [1.54, 1.807) is 11.3 Å². The maximum atomic E-state index is 10.0. The minimum absolute atomic E-state index is 0.0659. The van der Waals surface area contributed by atoms with Gasteiger partial charge < -0.3 is 10.8 Å². The van der Waals surface area contributed by atoms with Gasteiger partial charge in [-0.3, -0.25) is 4.90 Å². The zero-order valence-electron chi connectivity index (χ0n) is 10.8. The lowest BCUT2D eigenvalue weighted by Gasteiger charge is -2.40. The minimum Gasteiger partial charge on any atom is -0.392 e. The molecule has 4 unspecified atom stereocenters. The topological polar surface area (TPSA) is 49.5 Å². The number of nitrogens with two attached hydrogens (primary N) is 1. The Labute approximate surface area is 121 Å². The summed E-state index contributed by atoms with van der Waals surface area (Å²) in [5, 5.41) is 10.0. The molecule has 1 aromatic rings. The smallest absolute Gasteiger partial charge is 0.0702 e. The van der Waals surface area contributed by atoms with Crippen molar-refractivity contribution in [3.8, 4) is 0 Å². The molecule has 18 heavy (non-hydrogen) atoms. The highest BCUT2D eigenvalue weighted by Crippen LogP contribution is 2.34. The van der Waals surface area contributed by atoms with Crippen molar-refractivity contribution in [2.45, 2.75) is 38.5 Å². The number of hydrogen-bond acceptors (Lipinski definition) is 4. The predicted molar refractivity (Wildman–Crippen MR) is 79.8 cm³/mol. The summed E-state index contributed by atoms with van der Waals surface area (Å²) < 4.78 is 1.13. The first-order valence-corrected chi connectivity index (χ1v) is 8.03. The van der Waals surface area contributed by atoms with E-state index in [0.717, 1.165) is 23.3 Å². The Kier molecular flexibility index (Phi) is 4.83. The first kappa shape index (κ1) is 14.5. The van der Waals surface area contributed by atoms with E-state index in [9.17, 15) is 5.11 Å². The number of β-amino-alcohol motifs (C(OH)–C–C–N with tert-alkyl or cyclic N) is 1. The van der Waals surface area contributed by atoms with E-state index < -0.39 is 0 Å². The number of piperidine rings is 1. The van der Waals surface area contributed by atoms with Gasteiger partial charge in [0.15, 0.2) is 0 Å². The van der Waals surface area contributed by atoms with Crippen molar-refractivity contribution >= 4 is 27.3 Å². The molecule has 2 heterocycles. The van der Waals surface area contributed by atoms with Gasteiger partial charge in [-0.05, 0) is 53.9 Å². The fourth-order valence-corrected chi connectivity index (χ4v) is 4.26. The Balaban J connectivity index is 2.16. The fraction of sp³-hybridized carbons (Fsp3) is 0.692. The first-order chi connectivity index (χ1) is 8.49. The SMILES string of the molecule is CC(N)C(c1ccc(Br)s1)N1CCC(C)C(O)C1. The van der Waals surface area contributed by atoms with Gasteiger partial charge in [0, 0.05) is 17.5 Å². The fourth-order valence-electron chi connectivity index (χ4n) is 2.58. The molecule has 0 saturated carbocycles. The quantitative estimate of drug-likeness (QED) is 0.894. The molecule has 0 aromatic carbocycles. The molecule has 5 heteroatoms. The van der Waals surface area contributed by atoms with Gasteiger partial charge >= 0.3 is 0 Å². The minimum atomic E-state index is -0.233. The van der Waals surface area contributed by atoms with Crippen molar-refractivity contribution in [3.63, 3.8) is 0 Å². The van der Waals surface area contributed by atoms with Crippen LogP contribution in [0.15, 0.2) is 15.9 Å². The lowest BCUT2D eigenvalue weighted by molar-refractivity contribution is 0.00612. The Bertz CT molecular complexity index is 396. The summed E-state index contributed by atoms with van der Waals surface area (Å²) in [5.74, 6) is 0.394. The molecular formula is C13H21BrN2OS. The van der Waals surface area contributed by atoms with E-state index in [1.807, 2.05) is 6.92 Å². The van der Waals surface area contributed by atoms with Gasteiger partial charge in [-0.2, -0.15) is 0 Å². The van der Waals surface area contributed by atoms with Crippen LogP contribution in [0.2, 0.25) is 0 Å². The second kappa shape index (κ2) is 6.01. The van der Waals surface area contributed by atoms with Gasteiger partial charge in [-0.15, -0.1) is 11.3 Å². The summed E-state index contributed by atoms with van der Waals surface area (Å²) in [6.45, 7) is 5.90. The second-order valence-electron chi connectivity index (χ2n) is 5.27. The standard InChI is InChI=1S/C13H21BrN2OS/c1-8-5-6-16(7-10(8)17)13(9(2)15)11-3-4-12(14)18-11/h3-4,8-10,13,17H,5-7,15H2,1-2H3. The Morgan fingerprint density at radius 1 is 1.56 bits per heavy atom. The van der Waals surface area contributed by atoms with Crippen LogP contribution in [0, 0.1) is 5.92 Å². The Morgan fingerprint density at radius 2 is 2.28 bits per heavy atom. The summed E-state index contributed by atoms with van der Waals surface area (Å²) in [4.78, 5) is 3.60. The molecule has 0 spiro atoms. The van der Waals surface area contributed by atoms with Crippen LogP contribution in [0.4, 0.5) is 0 Å². The first-order valence-electron chi connectivity index (χ1n) is 6.42. The monoisotopic (exact) mass is 332 g/mol. The molecular weight excluding hydrogens is 312 g/mol. The molecule has 1 aliphatic heterocycles. The third kappa shape index (κ3) is 3.14. The molecule has 0 amide bonds. The molecule has 1 aliphatic rings. The molecule has 4 atom stereocenters. The van der Waals surface area contributed by atoms with Crippen LogP contribution in [-0.4, -0.2) is 35.2 Å². The van der Waals surface area contributed by atoms with Crippen molar-refractivity contribution in [1.29, 1.82) is 0 Å². The number of hydrogen-bond donors (Lipinski definition) is 2. The van der Waals surface area contributed by atoms with Crippen LogP contribution in [0.1, 0.15) is 31.2 Å². The zero-order chi connectivity index (χ0) is 13.3. The van der Waals surface area contributed by atoms with Crippen molar-refractivity contribution in [3.05, 3.63) is 20.8 Å². The lowest BCUT2D eigenvalue weighted by atomic mass is 9.93. The normalized spacial score (nSPS) is 29.2. The van der Waals surface area contributed by atoms with E-state index in [1.165, 1.54) is 4.88 Å². The molecule has 1 aromatic heterocycles. The highest BCUT2D eigenvalue weighted by Gasteiger charge is 2.32. The van der Waals surface area contributed by atoms with Crippen molar-refractivity contribution in [1.82, 2.24) is 4.90 Å². The molecule has 0 radical (unpaired) electrons. The van der Waals surface area contributed by atoms with E-state index >= 15 is 0 Å². The highest BCUT2D eigenvalue weighted by atomic mass is 79.9. The average Bonchev–Trinajstić information content (AvgIpc) is 2.70. The van der Waals surface area contributed by atoms with E-state index in [0.29, 0.717) is 5.92 Å². The number of aliphatic hydroxyl groups is 1. The second-order valence-corrected chi connectivity index (χ2v) is 7.77. The number of rotatable bonds is 3. The van der Waals surface area contributed by atoms with Gasteiger partial charge in [0.25, 0.3) is 0 Å². The zero-order valence-corrected chi connectivity index (χ0v) is 13.2. The predicted octanol–water partition coefficient (Wildman–Crippen LogP) is 2.60. The molecule has 1 fully saturated rings. The molecule has 0 bridgehead atoms. The maximum Gasteiger partial charge on any atom is 0.0702 e. The van der Waals surface area contributed by atoms with E-state index in [-0.39, 0.29) is 18.2 Å². The average molecular weight is 333 g/mol. The summed E-state index contributed by atoms with van der Waals surface area (Å²) in [5.41, 5.74) is 6.16. The number of nitrogens with zero attached hydrogens (tertiary/aromatic N) is 1.